The van der Waals surface area contributed by atoms with Crippen LogP contribution in [0.5, 0.6) is 11.5 Å². The molecule has 114 valence electrons. The van der Waals surface area contributed by atoms with E-state index in [9.17, 15) is 15.0 Å². The molecule has 4 nitrogen and oxygen atoms in total. The van der Waals surface area contributed by atoms with Gasteiger partial charge in [-0.15, -0.1) is 11.3 Å². The van der Waals surface area contributed by atoms with Gasteiger partial charge in [-0.2, -0.15) is 0 Å². The Hall–Kier alpha value is -1.11. The second kappa shape index (κ2) is 5.51. The normalized spacial score (nSPS) is 11.3. The van der Waals surface area contributed by atoms with Gasteiger partial charge in [0.15, 0.2) is 11.5 Å². The Morgan fingerprint density at radius 2 is 1.59 bits per heavy atom. The Kier molecular flexibility index (Phi) is 3.95. The standard InChI is InChI=1S/C13H5Cl4NO3S/c14-4-1-3(2-5(15)9(4)19)6-7-10(20)8(16)12(21)18-13(7)22-11(6)17/h1-2,19H,(H2,18,20,21). The number of pyridine rings is 1. The van der Waals surface area contributed by atoms with Crippen LogP contribution in [0.4, 0.5) is 0 Å². The smallest absolute Gasteiger partial charge is 0.271 e. The average molecular weight is 397 g/mol. The van der Waals surface area contributed by atoms with Crippen LogP contribution >= 0.6 is 57.7 Å². The molecule has 0 saturated carbocycles. The molecular formula is C13H5Cl4NO3S. The molecule has 9 heteroatoms. The van der Waals surface area contributed by atoms with Crippen molar-refractivity contribution in [2.75, 3.05) is 0 Å². The van der Waals surface area contributed by atoms with Gasteiger partial charge in [-0.25, -0.2) is 0 Å². The summed E-state index contributed by atoms with van der Waals surface area (Å²) in [6, 6.07) is 2.91. The lowest BCUT2D eigenvalue weighted by Gasteiger charge is -2.07. The van der Waals surface area contributed by atoms with Crippen LogP contribution < -0.4 is 5.56 Å². The highest BCUT2D eigenvalue weighted by atomic mass is 35.5. The third-order valence-electron chi connectivity index (χ3n) is 3.04. The Morgan fingerprint density at radius 1 is 1.00 bits per heavy atom. The molecule has 0 bridgehead atoms. The van der Waals surface area contributed by atoms with Gasteiger partial charge in [-0.3, -0.25) is 4.79 Å². The van der Waals surface area contributed by atoms with Crippen molar-refractivity contribution in [1.29, 1.82) is 0 Å². The van der Waals surface area contributed by atoms with Gasteiger partial charge >= 0.3 is 0 Å². The molecule has 0 aliphatic rings. The van der Waals surface area contributed by atoms with Crippen molar-refractivity contribution in [3.05, 3.63) is 41.9 Å². The van der Waals surface area contributed by atoms with Gasteiger partial charge < -0.3 is 15.2 Å². The molecule has 3 aromatic rings. The summed E-state index contributed by atoms with van der Waals surface area (Å²) in [6.45, 7) is 0. The fraction of sp³-hybridized carbons (Fsp3) is 0. The van der Waals surface area contributed by atoms with E-state index in [1.807, 2.05) is 0 Å². The van der Waals surface area contributed by atoms with Crippen LogP contribution in [0.3, 0.4) is 0 Å². The molecule has 1 aromatic carbocycles. The lowest BCUT2D eigenvalue weighted by molar-refractivity contribution is 0.476. The molecule has 0 amide bonds. The van der Waals surface area contributed by atoms with Crippen molar-refractivity contribution >= 4 is 68.0 Å². The van der Waals surface area contributed by atoms with E-state index in [0.717, 1.165) is 11.3 Å². The Morgan fingerprint density at radius 3 is 2.18 bits per heavy atom. The molecule has 2 aromatic heterocycles. The monoisotopic (exact) mass is 395 g/mol. The number of thiophene rings is 1. The van der Waals surface area contributed by atoms with Crippen LogP contribution in [0.25, 0.3) is 21.3 Å². The van der Waals surface area contributed by atoms with Crippen molar-refractivity contribution in [3.8, 4) is 22.6 Å². The molecule has 0 radical (unpaired) electrons. The maximum absolute atomic E-state index is 11.6. The first-order valence-corrected chi connectivity index (χ1v) is 8.05. The van der Waals surface area contributed by atoms with Crippen molar-refractivity contribution < 1.29 is 10.2 Å². The van der Waals surface area contributed by atoms with Gasteiger partial charge in [0, 0.05) is 5.56 Å². The summed E-state index contributed by atoms with van der Waals surface area (Å²) in [4.78, 5) is 14.5. The fourth-order valence-electron chi connectivity index (χ4n) is 2.06. The molecule has 0 aliphatic heterocycles. The number of benzene rings is 1. The third-order valence-corrected chi connectivity index (χ3v) is 5.28. The van der Waals surface area contributed by atoms with E-state index in [1.54, 1.807) is 0 Å². The van der Waals surface area contributed by atoms with Crippen LogP contribution in [0.1, 0.15) is 0 Å². The summed E-state index contributed by atoms with van der Waals surface area (Å²) in [5.41, 5.74) is 0.279. The molecule has 0 saturated heterocycles. The van der Waals surface area contributed by atoms with E-state index in [-0.39, 0.29) is 32.0 Å². The number of phenolic OH excluding ortho intramolecular Hbond substituents is 1. The number of rotatable bonds is 1. The van der Waals surface area contributed by atoms with Crippen LogP contribution in [0.2, 0.25) is 19.4 Å². The van der Waals surface area contributed by atoms with Gasteiger partial charge in [-0.1, -0.05) is 46.4 Å². The van der Waals surface area contributed by atoms with Crippen LogP contribution in [-0.4, -0.2) is 15.2 Å². The number of hydrogen-bond acceptors (Lipinski definition) is 4. The van der Waals surface area contributed by atoms with Gasteiger partial charge in [0.1, 0.15) is 14.2 Å². The van der Waals surface area contributed by atoms with Crippen LogP contribution in [-0.2, 0) is 0 Å². The fourth-order valence-corrected chi connectivity index (χ4v) is 4.07. The minimum absolute atomic E-state index is 0.0351. The molecule has 0 aliphatic carbocycles. The Bertz CT molecular complexity index is 957. The summed E-state index contributed by atoms with van der Waals surface area (Å²) < 4.78 is 0.307. The van der Waals surface area contributed by atoms with Crippen molar-refractivity contribution in [2.24, 2.45) is 0 Å². The topological polar surface area (TPSA) is 73.3 Å². The second-order valence-electron chi connectivity index (χ2n) is 4.36. The average Bonchev–Trinajstić information content (AvgIpc) is 2.78. The van der Waals surface area contributed by atoms with E-state index in [0.29, 0.717) is 20.3 Å². The zero-order chi connectivity index (χ0) is 16.2. The summed E-state index contributed by atoms with van der Waals surface area (Å²) in [7, 11) is 0. The zero-order valence-electron chi connectivity index (χ0n) is 10.4. The van der Waals surface area contributed by atoms with E-state index in [2.05, 4.69) is 4.98 Å². The summed E-state index contributed by atoms with van der Waals surface area (Å²) >= 11 is 24.9. The maximum Gasteiger partial charge on any atom is 0.271 e. The van der Waals surface area contributed by atoms with Gasteiger partial charge in [-0.05, 0) is 17.7 Å². The SMILES string of the molecule is O=c1[nH]c2sc(Cl)c(-c3cc(Cl)c(O)c(Cl)c3)c2c(O)c1Cl. The van der Waals surface area contributed by atoms with E-state index in [4.69, 9.17) is 46.4 Å². The predicted octanol–water partition coefficient (Wildman–Crippen LogP) is 5.28. The van der Waals surface area contributed by atoms with Crippen molar-refractivity contribution in [2.45, 2.75) is 0 Å². The molecule has 3 rings (SSSR count). The Labute approximate surface area is 147 Å². The molecule has 0 fully saturated rings. The second-order valence-corrected chi connectivity index (χ2v) is 7.18. The lowest BCUT2D eigenvalue weighted by atomic mass is 10.1. The quantitative estimate of drug-likeness (QED) is 0.523. The van der Waals surface area contributed by atoms with Crippen LogP contribution in [0.15, 0.2) is 16.9 Å². The number of halogens is 4. The number of aromatic nitrogens is 1. The summed E-state index contributed by atoms with van der Waals surface area (Å²) in [5.74, 6) is -0.628. The van der Waals surface area contributed by atoms with Gasteiger partial charge in [0.2, 0.25) is 0 Å². The first-order chi connectivity index (χ1) is 10.3. The van der Waals surface area contributed by atoms with E-state index >= 15 is 0 Å². The molecule has 0 spiro atoms. The van der Waals surface area contributed by atoms with Crippen LogP contribution in [0, 0.1) is 0 Å². The highest BCUT2D eigenvalue weighted by Crippen LogP contribution is 2.48. The summed E-state index contributed by atoms with van der Waals surface area (Å²) in [5, 5.41) is 19.8. The summed E-state index contributed by atoms with van der Waals surface area (Å²) in [6.07, 6.45) is 0. The highest BCUT2D eigenvalue weighted by molar-refractivity contribution is 7.23. The van der Waals surface area contributed by atoms with Crippen molar-refractivity contribution in [1.82, 2.24) is 4.98 Å². The number of H-pyrrole nitrogens is 1. The molecule has 0 atom stereocenters. The number of hydrogen-bond donors (Lipinski definition) is 3. The zero-order valence-corrected chi connectivity index (χ0v) is 14.2. The molecule has 2 heterocycles. The van der Waals surface area contributed by atoms with E-state index in [1.165, 1.54) is 12.1 Å². The number of aromatic amines is 1. The minimum atomic E-state index is -0.613. The van der Waals surface area contributed by atoms with Gasteiger partial charge in [0.25, 0.3) is 5.56 Å². The number of aromatic hydroxyl groups is 2. The first-order valence-electron chi connectivity index (χ1n) is 5.72. The number of fused-ring (bicyclic) bond motifs is 1. The molecular weight excluding hydrogens is 392 g/mol. The number of phenols is 1. The van der Waals surface area contributed by atoms with Gasteiger partial charge in [0.05, 0.1) is 15.4 Å². The van der Waals surface area contributed by atoms with E-state index < -0.39 is 5.56 Å². The molecule has 0 unspecified atom stereocenters. The molecule has 3 N–H and O–H groups in total. The minimum Gasteiger partial charge on any atom is -0.505 e. The Balaban J connectivity index is 2.44. The number of nitrogens with one attached hydrogen (secondary N) is 1. The first kappa shape index (κ1) is 15.8. The lowest BCUT2D eigenvalue weighted by Crippen LogP contribution is -2.04. The third kappa shape index (κ3) is 2.33. The predicted molar refractivity (Wildman–Crippen MR) is 91.3 cm³/mol. The maximum atomic E-state index is 11.6. The largest absolute Gasteiger partial charge is 0.505 e. The van der Waals surface area contributed by atoms with Crippen molar-refractivity contribution in [3.63, 3.8) is 0 Å². The highest BCUT2D eigenvalue weighted by Gasteiger charge is 2.21. The molecule has 22 heavy (non-hydrogen) atoms.